The molecule has 0 radical (unpaired) electrons. The standard InChI is InChI=1S/C25H26N6OS.C2H2O4/c1-18(30-13-15-31(16-14-30)25-26-11-4-12-27-25)24(32)28-20-9-7-19(8-10-20)17-23-29-21-5-2-3-6-22(21)33-23;3-1(4)2(5)6/h2-12,18H,13-17H2,1H3,(H,28,32);(H,3,4)(H,5,6). The molecule has 2 aromatic heterocycles. The summed E-state index contributed by atoms with van der Waals surface area (Å²) in [6, 6.07) is 17.9. The molecule has 12 heteroatoms. The second-order valence-corrected chi connectivity index (χ2v) is 9.91. The Hall–Kier alpha value is -4.42. The Balaban J connectivity index is 0.000000531. The molecule has 0 bridgehead atoms. The molecule has 11 nitrogen and oxygen atoms in total. The third-order valence-corrected chi connectivity index (χ3v) is 7.21. The summed E-state index contributed by atoms with van der Waals surface area (Å²) in [4.78, 5) is 48.8. The minimum Gasteiger partial charge on any atom is -0.473 e. The van der Waals surface area contributed by atoms with Crippen LogP contribution in [0.4, 0.5) is 11.6 Å². The molecule has 0 aliphatic carbocycles. The van der Waals surface area contributed by atoms with E-state index < -0.39 is 11.9 Å². The van der Waals surface area contributed by atoms with E-state index in [0.29, 0.717) is 0 Å². The van der Waals surface area contributed by atoms with Crippen molar-refractivity contribution in [1.29, 1.82) is 0 Å². The molecule has 3 N–H and O–H groups in total. The van der Waals surface area contributed by atoms with E-state index in [1.165, 1.54) is 10.3 Å². The lowest BCUT2D eigenvalue weighted by Crippen LogP contribution is -2.53. The third kappa shape index (κ3) is 7.55. The van der Waals surface area contributed by atoms with Crippen molar-refractivity contribution >= 4 is 51.0 Å². The number of carbonyl (C=O) groups is 3. The topological polar surface area (TPSA) is 149 Å². The number of hydrogen-bond donors (Lipinski definition) is 3. The van der Waals surface area contributed by atoms with Gasteiger partial charge in [0.2, 0.25) is 11.9 Å². The minimum atomic E-state index is -1.82. The van der Waals surface area contributed by atoms with Crippen LogP contribution in [-0.2, 0) is 20.8 Å². The number of aromatic nitrogens is 3. The van der Waals surface area contributed by atoms with E-state index in [4.69, 9.17) is 24.8 Å². The molecule has 1 fully saturated rings. The molecule has 202 valence electrons. The van der Waals surface area contributed by atoms with Crippen LogP contribution in [-0.4, -0.2) is 80.1 Å². The minimum absolute atomic E-state index is 0.0123. The number of carboxylic acid groups (broad SMARTS) is 2. The molecule has 5 rings (SSSR count). The van der Waals surface area contributed by atoms with Crippen molar-refractivity contribution in [3.63, 3.8) is 0 Å². The highest BCUT2D eigenvalue weighted by atomic mass is 32.1. The first-order chi connectivity index (χ1) is 18.8. The van der Waals surface area contributed by atoms with Gasteiger partial charge in [0.1, 0.15) is 0 Å². The fourth-order valence-electron chi connectivity index (χ4n) is 4.05. The van der Waals surface area contributed by atoms with Crippen molar-refractivity contribution in [3.8, 4) is 0 Å². The molecule has 39 heavy (non-hydrogen) atoms. The maximum atomic E-state index is 12.8. The summed E-state index contributed by atoms with van der Waals surface area (Å²) in [5, 5.41) is 18.9. The SMILES string of the molecule is CC(C(=O)Nc1ccc(Cc2nc3ccccc3s2)cc1)N1CCN(c2ncccn2)CC1.O=C(O)C(=O)O. The van der Waals surface area contributed by atoms with Gasteiger partial charge in [0.15, 0.2) is 0 Å². The fraction of sp³-hybridized carbons (Fsp3) is 0.259. The summed E-state index contributed by atoms with van der Waals surface area (Å²) < 4.78 is 1.21. The lowest BCUT2D eigenvalue weighted by molar-refractivity contribution is -0.159. The second kappa shape index (κ2) is 12.9. The van der Waals surface area contributed by atoms with Crippen molar-refractivity contribution in [2.75, 3.05) is 36.4 Å². The van der Waals surface area contributed by atoms with E-state index in [1.807, 2.05) is 43.3 Å². The number of thiazole rings is 1. The van der Waals surface area contributed by atoms with Gasteiger partial charge in [-0.3, -0.25) is 9.69 Å². The van der Waals surface area contributed by atoms with Crippen LogP contribution in [0.25, 0.3) is 10.2 Å². The molecule has 1 aliphatic heterocycles. The Bertz CT molecular complexity index is 1380. The Morgan fingerprint density at radius 2 is 1.56 bits per heavy atom. The number of nitrogens with zero attached hydrogens (tertiary/aromatic N) is 5. The zero-order valence-electron chi connectivity index (χ0n) is 21.2. The number of nitrogens with one attached hydrogen (secondary N) is 1. The molecule has 1 saturated heterocycles. The maximum absolute atomic E-state index is 12.8. The molecule has 2 aromatic carbocycles. The van der Waals surface area contributed by atoms with Gasteiger partial charge in [-0.15, -0.1) is 11.3 Å². The molecule has 1 amide bonds. The molecule has 3 heterocycles. The van der Waals surface area contributed by atoms with Crippen molar-refractivity contribution in [2.45, 2.75) is 19.4 Å². The normalized spacial score (nSPS) is 14.2. The van der Waals surface area contributed by atoms with E-state index in [1.54, 1.807) is 23.7 Å². The average molecular weight is 549 g/mol. The average Bonchev–Trinajstić information content (AvgIpc) is 3.37. The Labute approximate surface area is 228 Å². The van der Waals surface area contributed by atoms with Gasteiger partial charge in [0.25, 0.3) is 0 Å². The third-order valence-electron chi connectivity index (χ3n) is 6.17. The van der Waals surface area contributed by atoms with Gasteiger partial charge in [-0.05, 0) is 42.8 Å². The van der Waals surface area contributed by atoms with Crippen LogP contribution in [0.2, 0.25) is 0 Å². The van der Waals surface area contributed by atoms with E-state index in [9.17, 15) is 4.79 Å². The number of aliphatic carboxylic acids is 2. The largest absolute Gasteiger partial charge is 0.473 e. The Kier molecular flexibility index (Phi) is 9.13. The summed E-state index contributed by atoms with van der Waals surface area (Å²) >= 11 is 1.73. The number of carboxylic acids is 2. The highest BCUT2D eigenvalue weighted by Gasteiger charge is 2.26. The maximum Gasteiger partial charge on any atom is 0.414 e. The predicted octanol–water partition coefficient (Wildman–Crippen LogP) is 2.98. The quantitative estimate of drug-likeness (QED) is 0.307. The van der Waals surface area contributed by atoms with Crippen LogP contribution in [0.5, 0.6) is 0 Å². The molecule has 1 unspecified atom stereocenters. The summed E-state index contributed by atoms with van der Waals surface area (Å²) in [7, 11) is 0. The number of anilines is 2. The Morgan fingerprint density at radius 1 is 0.923 bits per heavy atom. The van der Waals surface area contributed by atoms with Crippen LogP contribution in [0.1, 0.15) is 17.5 Å². The predicted molar refractivity (Wildman–Crippen MR) is 148 cm³/mol. The number of fused-ring (bicyclic) bond motifs is 1. The van der Waals surface area contributed by atoms with E-state index in [-0.39, 0.29) is 11.9 Å². The molecular weight excluding hydrogens is 520 g/mol. The lowest BCUT2D eigenvalue weighted by Gasteiger charge is -2.37. The van der Waals surface area contributed by atoms with Gasteiger partial charge < -0.3 is 20.4 Å². The van der Waals surface area contributed by atoms with Gasteiger partial charge in [0.05, 0.1) is 21.3 Å². The van der Waals surface area contributed by atoms with E-state index in [0.717, 1.165) is 54.8 Å². The molecule has 1 aliphatic rings. The van der Waals surface area contributed by atoms with Crippen molar-refractivity contribution in [1.82, 2.24) is 19.9 Å². The van der Waals surface area contributed by atoms with Crippen molar-refractivity contribution in [3.05, 3.63) is 77.6 Å². The summed E-state index contributed by atoms with van der Waals surface area (Å²) in [5.74, 6) is -2.89. The van der Waals surface area contributed by atoms with Gasteiger partial charge in [-0.2, -0.15) is 0 Å². The van der Waals surface area contributed by atoms with Crippen LogP contribution in [0.3, 0.4) is 0 Å². The Morgan fingerprint density at radius 3 is 2.18 bits per heavy atom. The first kappa shape index (κ1) is 27.6. The van der Waals surface area contributed by atoms with Gasteiger partial charge in [-0.1, -0.05) is 24.3 Å². The highest BCUT2D eigenvalue weighted by Crippen LogP contribution is 2.24. The first-order valence-corrected chi connectivity index (χ1v) is 13.1. The number of piperazine rings is 1. The number of para-hydroxylation sites is 1. The molecule has 1 atom stereocenters. The van der Waals surface area contributed by atoms with E-state index >= 15 is 0 Å². The zero-order valence-corrected chi connectivity index (χ0v) is 22.0. The molecule has 0 spiro atoms. The van der Waals surface area contributed by atoms with Crippen LogP contribution in [0, 0.1) is 0 Å². The molecular formula is C27H28N6O5S. The van der Waals surface area contributed by atoms with Gasteiger partial charge in [0, 0.05) is 50.7 Å². The van der Waals surface area contributed by atoms with Crippen molar-refractivity contribution in [2.24, 2.45) is 0 Å². The number of rotatable bonds is 6. The number of amides is 1. The molecule has 0 saturated carbocycles. The zero-order chi connectivity index (χ0) is 27.8. The number of hydrogen-bond acceptors (Lipinski definition) is 9. The smallest absolute Gasteiger partial charge is 0.414 e. The highest BCUT2D eigenvalue weighted by molar-refractivity contribution is 7.18. The fourth-order valence-corrected chi connectivity index (χ4v) is 5.05. The van der Waals surface area contributed by atoms with Crippen LogP contribution in [0.15, 0.2) is 67.0 Å². The summed E-state index contributed by atoms with van der Waals surface area (Å²) in [5.41, 5.74) is 3.04. The first-order valence-electron chi connectivity index (χ1n) is 12.3. The van der Waals surface area contributed by atoms with Gasteiger partial charge in [-0.25, -0.2) is 24.5 Å². The van der Waals surface area contributed by atoms with Gasteiger partial charge >= 0.3 is 11.9 Å². The monoisotopic (exact) mass is 548 g/mol. The summed E-state index contributed by atoms with van der Waals surface area (Å²) in [6.07, 6.45) is 4.31. The second-order valence-electron chi connectivity index (χ2n) is 8.80. The van der Waals surface area contributed by atoms with Crippen molar-refractivity contribution < 1.29 is 24.6 Å². The molecule has 4 aromatic rings. The van der Waals surface area contributed by atoms with Crippen LogP contribution < -0.4 is 10.2 Å². The summed E-state index contributed by atoms with van der Waals surface area (Å²) in [6.45, 7) is 5.18. The number of benzene rings is 2. The van der Waals surface area contributed by atoms with E-state index in [2.05, 4.69) is 43.3 Å². The lowest BCUT2D eigenvalue weighted by atomic mass is 10.1. The van der Waals surface area contributed by atoms with Crippen LogP contribution >= 0.6 is 11.3 Å². The number of carbonyl (C=O) groups excluding carboxylic acids is 1.